The molecule has 0 atom stereocenters. The molecule has 0 aliphatic carbocycles. The van der Waals surface area contributed by atoms with Gasteiger partial charge < -0.3 is 5.11 Å². The number of halogens is 3. The Bertz CT molecular complexity index is 616. The normalized spacial score (nSPS) is 10.7. The summed E-state index contributed by atoms with van der Waals surface area (Å²) < 4.78 is 40.4. The van der Waals surface area contributed by atoms with Crippen LogP contribution >= 0.6 is 0 Å². The first-order valence-corrected chi connectivity index (χ1v) is 4.72. The molecule has 94 valence electrons. The number of hydrogen-bond acceptors (Lipinski definition) is 3. The van der Waals surface area contributed by atoms with Crippen LogP contribution in [0.5, 0.6) is 0 Å². The number of benzene rings is 1. The maximum Gasteiger partial charge on any atom is 0.358 e. The zero-order valence-electron chi connectivity index (χ0n) is 8.99. The predicted octanol–water partition coefficient (Wildman–Crippen LogP) is 1.69. The summed E-state index contributed by atoms with van der Waals surface area (Å²) >= 11 is 0. The molecule has 0 radical (unpaired) electrons. The van der Waals surface area contributed by atoms with E-state index in [2.05, 4.69) is 10.3 Å². The van der Waals surface area contributed by atoms with Crippen LogP contribution in [0, 0.1) is 24.4 Å². The van der Waals surface area contributed by atoms with E-state index in [0.29, 0.717) is 16.8 Å². The summed E-state index contributed by atoms with van der Waals surface area (Å²) in [6, 6.07) is 0.944. The van der Waals surface area contributed by atoms with E-state index in [1.54, 1.807) is 0 Å². The lowest BCUT2D eigenvalue weighted by molar-refractivity contribution is 0.0689. The fourth-order valence-corrected chi connectivity index (χ4v) is 1.48. The molecule has 0 aliphatic rings. The number of carbonyl (C=O) groups is 1. The standard InChI is InChI=1S/C10H6F3N3O2/c1-4-8(10(17)18)14-15-16(4)9-6(12)2-5(11)3-7(9)13/h2-3H,1H3,(H,17,18). The number of nitrogens with zero attached hydrogens (tertiary/aromatic N) is 3. The summed E-state index contributed by atoms with van der Waals surface area (Å²) in [7, 11) is 0. The predicted molar refractivity (Wildman–Crippen MR) is 52.9 cm³/mol. The SMILES string of the molecule is Cc1c(C(=O)O)nnn1-c1c(F)cc(F)cc1F. The minimum Gasteiger partial charge on any atom is -0.476 e. The molecule has 2 aromatic rings. The van der Waals surface area contributed by atoms with Gasteiger partial charge in [-0.05, 0) is 6.92 Å². The number of aromatic carboxylic acids is 1. The molecule has 1 heterocycles. The number of carboxylic acids is 1. The van der Waals surface area contributed by atoms with Crippen LogP contribution in [0.15, 0.2) is 12.1 Å². The maximum absolute atomic E-state index is 13.5. The Morgan fingerprint density at radius 3 is 2.28 bits per heavy atom. The molecule has 0 spiro atoms. The quantitative estimate of drug-likeness (QED) is 0.888. The van der Waals surface area contributed by atoms with Crippen molar-refractivity contribution in [2.45, 2.75) is 6.92 Å². The number of hydrogen-bond donors (Lipinski definition) is 1. The highest BCUT2D eigenvalue weighted by Gasteiger charge is 2.21. The van der Waals surface area contributed by atoms with Crippen molar-refractivity contribution >= 4 is 5.97 Å². The molecule has 0 saturated carbocycles. The highest BCUT2D eigenvalue weighted by Crippen LogP contribution is 2.20. The van der Waals surface area contributed by atoms with Crippen molar-refractivity contribution in [2.24, 2.45) is 0 Å². The Balaban J connectivity index is 2.67. The zero-order chi connectivity index (χ0) is 13.4. The highest BCUT2D eigenvalue weighted by molar-refractivity contribution is 5.86. The van der Waals surface area contributed by atoms with Gasteiger partial charge in [0.25, 0.3) is 0 Å². The molecule has 2 rings (SSSR count). The van der Waals surface area contributed by atoms with Crippen molar-refractivity contribution in [1.29, 1.82) is 0 Å². The first kappa shape index (κ1) is 12.1. The van der Waals surface area contributed by atoms with E-state index in [4.69, 9.17) is 5.11 Å². The average Bonchev–Trinajstić information content (AvgIpc) is 2.59. The molecule has 0 bridgehead atoms. The van der Waals surface area contributed by atoms with E-state index in [1.165, 1.54) is 6.92 Å². The fourth-order valence-electron chi connectivity index (χ4n) is 1.48. The van der Waals surface area contributed by atoms with Gasteiger partial charge in [0, 0.05) is 12.1 Å². The van der Waals surface area contributed by atoms with Gasteiger partial charge in [0.05, 0.1) is 5.69 Å². The van der Waals surface area contributed by atoms with E-state index in [-0.39, 0.29) is 5.69 Å². The van der Waals surface area contributed by atoms with Gasteiger partial charge in [0.2, 0.25) is 0 Å². The van der Waals surface area contributed by atoms with Gasteiger partial charge in [-0.3, -0.25) is 0 Å². The van der Waals surface area contributed by atoms with Gasteiger partial charge in [-0.15, -0.1) is 5.10 Å². The molecule has 0 saturated heterocycles. The molecule has 0 amide bonds. The molecule has 0 fully saturated rings. The van der Waals surface area contributed by atoms with Crippen LogP contribution in [-0.4, -0.2) is 26.1 Å². The van der Waals surface area contributed by atoms with Gasteiger partial charge >= 0.3 is 5.97 Å². The van der Waals surface area contributed by atoms with E-state index >= 15 is 0 Å². The largest absolute Gasteiger partial charge is 0.476 e. The van der Waals surface area contributed by atoms with Gasteiger partial charge in [0.15, 0.2) is 17.3 Å². The summed E-state index contributed by atoms with van der Waals surface area (Å²) in [5.41, 5.74) is -1.17. The minimum atomic E-state index is -1.37. The summed E-state index contributed by atoms with van der Waals surface area (Å²) in [5, 5.41) is 15.4. The summed E-state index contributed by atoms with van der Waals surface area (Å²) in [6.07, 6.45) is 0. The molecule has 1 aromatic heterocycles. The Morgan fingerprint density at radius 1 is 1.28 bits per heavy atom. The minimum absolute atomic E-state index is 0.0630. The van der Waals surface area contributed by atoms with Crippen molar-refractivity contribution in [2.75, 3.05) is 0 Å². The van der Waals surface area contributed by atoms with E-state index in [1.807, 2.05) is 0 Å². The summed E-state index contributed by atoms with van der Waals surface area (Å²) in [6.45, 7) is 1.28. The lowest BCUT2D eigenvalue weighted by Gasteiger charge is -2.06. The number of aromatic nitrogens is 3. The Labute approximate surface area is 98.5 Å². The third-order valence-electron chi connectivity index (χ3n) is 2.29. The van der Waals surface area contributed by atoms with Crippen molar-refractivity contribution in [3.63, 3.8) is 0 Å². The lowest BCUT2D eigenvalue weighted by atomic mass is 10.2. The van der Waals surface area contributed by atoms with Gasteiger partial charge in [0.1, 0.15) is 11.5 Å². The van der Waals surface area contributed by atoms with Crippen LogP contribution in [0.1, 0.15) is 16.2 Å². The fraction of sp³-hybridized carbons (Fsp3) is 0.100. The lowest BCUT2D eigenvalue weighted by Crippen LogP contribution is -2.07. The maximum atomic E-state index is 13.5. The molecule has 5 nitrogen and oxygen atoms in total. The molecule has 0 unspecified atom stereocenters. The first-order valence-electron chi connectivity index (χ1n) is 4.72. The van der Waals surface area contributed by atoms with E-state index in [0.717, 1.165) is 0 Å². The van der Waals surface area contributed by atoms with Crippen molar-refractivity contribution in [3.8, 4) is 5.69 Å². The van der Waals surface area contributed by atoms with Crippen molar-refractivity contribution in [3.05, 3.63) is 41.0 Å². The third kappa shape index (κ3) is 1.81. The monoisotopic (exact) mass is 257 g/mol. The molecule has 1 N–H and O–H groups in total. The van der Waals surface area contributed by atoms with Gasteiger partial charge in [-0.1, -0.05) is 5.21 Å². The van der Waals surface area contributed by atoms with Crippen molar-refractivity contribution < 1.29 is 23.1 Å². The van der Waals surface area contributed by atoms with E-state index in [9.17, 15) is 18.0 Å². The summed E-state index contributed by atoms with van der Waals surface area (Å²) in [5.74, 6) is -4.85. The van der Waals surface area contributed by atoms with Gasteiger partial charge in [-0.25, -0.2) is 22.6 Å². The second-order valence-electron chi connectivity index (χ2n) is 3.46. The van der Waals surface area contributed by atoms with Gasteiger partial charge in [-0.2, -0.15) is 0 Å². The summed E-state index contributed by atoms with van der Waals surface area (Å²) in [4.78, 5) is 10.7. The second kappa shape index (κ2) is 4.13. The van der Waals surface area contributed by atoms with Crippen LogP contribution in [0.25, 0.3) is 5.69 Å². The Hall–Kier alpha value is -2.38. The van der Waals surface area contributed by atoms with Crippen LogP contribution in [-0.2, 0) is 0 Å². The molecule has 8 heteroatoms. The Morgan fingerprint density at radius 2 is 1.83 bits per heavy atom. The molecule has 18 heavy (non-hydrogen) atoms. The number of rotatable bonds is 2. The van der Waals surface area contributed by atoms with E-state index < -0.39 is 34.8 Å². The highest BCUT2D eigenvalue weighted by atomic mass is 19.1. The smallest absolute Gasteiger partial charge is 0.358 e. The van der Waals surface area contributed by atoms with Crippen LogP contribution in [0.2, 0.25) is 0 Å². The topological polar surface area (TPSA) is 68.0 Å². The molecule has 0 aliphatic heterocycles. The first-order chi connectivity index (χ1) is 8.41. The molecular weight excluding hydrogens is 251 g/mol. The van der Waals surface area contributed by atoms with Crippen LogP contribution in [0.4, 0.5) is 13.2 Å². The third-order valence-corrected chi connectivity index (χ3v) is 2.29. The second-order valence-corrected chi connectivity index (χ2v) is 3.46. The van der Waals surface area contributed by atoms with Crippen molar-refractivity contribution in [1.82, 2.24) is 15.0 Å². The molecule has 1 aromatic carbocycles. The average molecular weight is 257 g/mol. The zero-order valence-corrected chi connectivity index (χ0v) is 8.99. The van der Waals surface area contributed by atoms with Crippen LogP contribution < -0.4 is 0 Å². The number of carboxylic acid groups (broad SMARTS) is 1. The Kier molecular flexibility index (Phi) is 2.77. The molecular formula is C10H6F3N3O2. The van der Waals surface area contributed by atoms with Crippen LogP contribution in [0.3, 0.4) is 0 Å².